The first-order valence-corrected chi connectivity index (χ1v) is 6.46. The summed E-state index contributed by atoms with van der Waals surface area (Å²) in [4.78, 5) is 0. The predicted molar refractivity (Wildman–Crippen MR) is 62.3 cm³/mol. The molecule has 0 unspecified atom stereocenters. The van der Waals surface area contributed by atoms with Gasteiger partial charge in [-0.3, -0.25) is 4.72 Å². The highest BCUT2D eigenvalue weighted by Crippen LogP contribution is 2.10. The van der Waals surface area contributed by atoms with Gasteiger partial charge >= 0.3 is 0 Å². The summed E-state index contributed by atoms with van der Waals surface area (Å²) in [7, 11) is -3.24. The molecular weight excluding hydrogens is 212 g/mol. The van der Waals surface area contributed by atoms with Crippen LogP contribution in [0.15, 0.2) is 24.3 Å². The van der Waals surface area contributed by atoms with E-state index in [9.17, 15) is 8.42 Å². The fourth-order valence-electron chi connectivity index (χ4n) is 1.13. The number of nitrogens with two attached hydrogens (primary N) is 1. The Morgan fingerprint density at radius 1 is 1.27 bits per heavy atom. The van der Waals surface area contributed by atoms with Crippen LogP contribution >= 0.6 is 0 Å². The molecule has 0 aliphatic carbocycles. The summed E-state index contributed by atoms with van der Waals surface area (Å²) in [5.74, 6) is 0.0668. The van der Waals surface area contributed by atoms with Gasteiger partial charge in [-0.15, -0.1) is 0 Å². The molecule has 1 aromatic rings. The zero-order chi connectivity index (χ0) is 11.3. The van der Waals surface area contributed by atoms with E-state index in [2.05, 4.69) is 4.72 Å². The van der Waals surface area contributed by atoms with Gasteiger partial charge in [-0.2, -0.15) is 0 Å². The van der Waals surface area contributed by atoms with Gasteiger partial charge in [-0.25, -0.2) is 8.42 Å². The number of nitrogens with one attached hydrogen (secondary N) is 1. The van der Waals surface area contributed by atoms with Crippen molar-refractivity contribution in [2.75, 3.05) is 17.0 Å². The molecule has 0 atom stereocenters. The number of benzene rings is 1. The maximum atomic E-state index is 11.5. The van der Waals surface area contributed by atoms with Gasteiger partial charge in [0.25, 0.3) is 0 Å². The molecule has 3 N–H and O–H groups in total. The molecule has 4 nitrogen and oxygen atoms in total. The number of rotatable bonds is 5. The number of anilines is 1. The SMILES string of the molecule is Cc1ccc(NS(=O)(=O)CCCN)cc1. The summed E-state index contributed by atoms with van der Waals surface area (Å²) in [5.41, 5.74) is 6.95. The van der Waals surface area contributed by atoms with Crippen LogP contribution in [0.3, 0.4) is 0 Å². The summed E-state index contributed by atoms with van der Waals surface area (Å²) >= 11 is 0. The Hall–Kier alpha value is -1.07. The van der Waals surface area contributed by atoms with Crippen LogP contribution in [-0.2, 0) is 10.0 Å². The van der Waals surface area contributed by atoms with Gasteiger partial charge in [0.2, 0.25) is 10.0 Å². The Bertz CT molecular complexity index is 398. The van der Waals surface area contributed by atoms with E-state index in [4.69, 9.17) is 5.73 Å². The van der Waals surface area contributed by atoms with Crippen LogP contribution in [0, 0.1) is 6.92 Å². The molecule has 1 aromatic carbocycles. The second kappa shape index (κ2) is 5.14. The number of sulfonamides is 1. The molecule has 0 saturated heterocycles. The number of hydrogen-bond acceptors (Lipinski definition) is 3. The van der Waals surface area contributed by atoms with E-state index in [0.29, 0.717) is 18.7 Å². The molecule has 0 spiro atoms. The Balaban J connectivity index is 2.65. The van der Waals surface area contributed by atoms with E-state index in [-0.39, 0.29) is 5.75 Å². The summed E-state index contributed by atoms with van der Waals surface area (Å²) in [6.45, 7) is 2.33. The van der Waals surface area contributed by atoms with Gasteiger partial charge in [-0.1, -0.05) is 17.7 Å². The third-order valence-electron chi connectivity index (χ3n) is 1.94. The van der Waals surface area contributed by atoms with Crippen molar-refractivity contribution >= 4 is 15.7 Å². The molecule has 84 valence electrons. The molecule has 1 rings (SSSR count). The molecule has 15 heavy (non-hydrogen) atoms. The Kier molecular flexibility index (Phi) is 4.11. The van der Waals surface area contributed by atoms with Crippen molar-refractivity contribution in [2.45, 2.75) is 13.3 Å². The van der Waals surface area contributed by atoms with Crippen LogP contribution in [0.2, 0.25) is 0 Å². The molecule has 0 heterocycles. The van der Waals surface area contributed by atoms with Gasteiger partial charge in [0, 0.05) is 5.69 Å². The van der Waals surface area contributed by atoms with Crippen molar-refractivity contribution in [1.82, 2.24) is 0 Å². The minimum Gasteiger partial charge on any atom is -0.330 e. The lowest BCUT2D eigenvalue weighted by Gasteiger charge is -2.07. The maximum Gasteiger partial charge on any atom is 0.232 e. The maximum absolute atomic E-state index is 11.5. The molecule has 0 saturated carbocycles. The lowest BCUT2D eigenvalue weighted by molar-refractivity contribution is 0.599. The van der Waals surface area contributed by atoms with Gasteiger partial charge in [-0.05, 0) is 32.0 Å². The molecule has 5 heteroatoms. The van der Waals surface area contributed by atoms with E-state index < -0.39 is 10.0 Å². The van der Waals surface area contributed by atoms with E-state index in [1.807, 2.05) is 19.1 Å². The standard InChI is InChI=1S/C10H16N2O2S/c1-9-3-5-10(6-4-9)12-15(13,14)8-2-7-11/h3-6,12H,2,7-8,11H2,1H3. The highest BCUT2D eigenvalue weighted by molar-refractivity contribution is 7.92. The fourth-order valence-corrected chi connectivity index (χ4v) is 2.27. The average molecular weight is 228 g/mol. The largest absolute Gasteiger partial charge is 0.330 e. The monoisotopic (exact) mass is 228 g/mol. The third-order valence-corrected chi connectivity index (χ3v) is 3.31. The first-order valence-electron chi connectivity index (χ1n) is 4.81. The van der Waals surface area contributed by atoms with Crippen LogP contribution in [0.25, 0.3) is 0 Å². The molecule has 0 aliphatic heterocycles. The van der Waals surface area contributed by atoms with Crippen molar-refractivity contribution in [2.24, 2.45) is 5.73 Å². The molecule has 0 amide bonds. The molecule has 0 fully saturated rings. The molecule has 0 radical (unpaired) electrons. The van der Waals surface area contributed by atoms with Gasteiger partial charge in [0.1, 0.15) is 0 Å². The quantitative estimate of drug-likeness (QED) is 0.792. The zero-order valence-corrected chi connectivity index (χ0v) is 9.55. The first kappa shape index (κ1) is 12.0. The highest BCUT2D eigenvalue weighted by Gasteiger charge is 2.08. The highest BCUT2D eigenvalue weighted by atomic mass is 32.2. The van der Waals surface area contributed by atoms with Crippen LogP contribution in [0.5, 0.6) is 0 Å². The van der Waals surface area contributed by atoms with Crippen LogP contribution in [-0.4, -0.2) is 20.7 Å². The Morgan fingerprint density at radius 2 is 1.87 bits per heavy atom. The van der Waals surface area contributed by atoms with E-state index >= 15 is 0 Å². The smallest absolute Gasteiger partial charge is 0.232 e. The predicted octanol–water partition coefficient (Wildman–Crippen LogP) is 1.09. The minimum absolute atomic E-state index is 0.0668. The first-order chi connectivity index (χ1) is 7.03. The molecule has 0 aliphatic rings. The Labute approximate surface area is 90.5 Å². The van der Waals surface area contributed by atoms with Gasteiger partial charge in [0.15, 0.2) is 0 Å². The molecule has 0 bridgehead atoms. The van der Waals surface area contributed by atoms with Gasteiger partial charge in [0.05, 0.1) is 5.75 Å². The topological polar surface area (TPSA) is 72.2 Å². The lowest BCUT2D eigenvalue weighted by Crippen LogP contribution is -2.18. The zero-order valence-electron chi connectivity index (χ0n) is 8.73. The van der Waals surface area contributed by atoms with Crippen molar-refractivity contribution in [3.8, 4) is 0 Å². The van der Waals surface area contributed by atoms with Crippen molar-refractivity contribution < 1.29 is 8.42 Å². The second-order valence-electron chi connectivity index (χ2n) is 3.43. The number of hydrogen-bond donors (Lipinski definition) is 2. The molecular formula is C10H16N2O2S. The summed E-state index contributed by atoms with van der Waals surface area (Å²) in [6, 6.07) is 7.21. The summed E-state index contributed by atoms with van der Waals surface area (Å²) < 4.78 is 25.5. The van der Waals surface area contributed by atoms with Crippen molar-refractivity contribution in [3.63, 3.8) is 0 Å². The summed E-state index contributed by atoms with van der Waals surface area (Å²) in [6.07, 6.45) is 0.473. The van der Waals surface area contributed by atoms with Crippen LogP contribution in [0.4, 0.5) is 5.69 Å². The normalized spacial score (nSPS) is 11.3. The van der Waals surface area contributed by atoms with Crippen LogP contribution < -0.4 is 10.5 Å². The van der Waals surface area contributed by atoms with E-state index in [1.54, 1.807) is 12.1 Å². The van der Waals surface area contributed by atoms with Gasteiger partial charge < -0.3 is 5.73 Å². The minimum atomic E-state index is -3.24. The Morgan fingerprint density at radius 3 is 2.40 bits per heavy atom. The lowest BCUT2D eigenvalue weighted by atomic mass is 10.2. The number of aryl methyl sites for hydroxylation is 1. The van der Waals surface area contributed by atoms with Crippen molar-refractivity contribution in [3.05, 3.63) is 29.8 Å². The van der Waals surface area contributed by atoms with Crippen LogP contribution in [0.1, 0.15) is 12.0 Å². The second-order valence-corrected chi connectivity index (χ2v) is 5.27. The van der Waals surface area contributed by atoms with E-state index in [0.717, 1.165) is 5.56 Å². The fraction of sp³-hybridized carbons (Fsp3) is 0.400. The average Bonchev–Trinajstić information content (AvgIpc) is 2.18. The third kappa shape index (κ3) is 4.31. The van der Waals surface area contributed by atoms with E-state index in [1.165, 1.54) is 0 Å². The molecule has 0 aromatic heterocycles. The summed E-state index contributed by atoms with van der Waals surface area (Å²) in [5, 5.41) is 0. The van der Waals surface area contributed by atoms with Crippen molar-refractivity contribution in [1.29, 1.82) is 0 Å².